The van der Waals surface area contributed by atoms with Crippen LogP contribution in [0.25, 0.3) is 16.7 Å². The third-order valence-electron chi connectivity index (χ3n) is 8.42. The lowest BCUT2D eigenvalue weighted by Gasteiger charge is -2.13. The van der Waals surface area contributed by atoms with E-state index in [-0.39, 0.29) is 52.2 Å². The van der Waals surface area contributed by atoms with Crippen LogP contribution in [0, 0.1) is 18.3 Å². The number of hydrogen-bond donors (Lipinski definition) is 4. The Morgan fingerprint density at radius 3 is 2.32 bits per heavy atom. The van der Waals surface area contributed by atoms with Crippen molar-refractivity contribution >= 4 is 85.0 Å². The van der Waals surface area contributed by atoms with Crippen molar-refractivity contribution in [3.8, 4) is 17.7 Å². The Balaban J connectivity index is 1.35. The van der Waals surface area contributed by atoms with Gasteiger partial charge in [-0.15, -0.1) is 24.0 Å². The lowest BCUT2D eigenvalue weighted by Crippen LogP contribution is -2.00. The Bertz CT molecular complexity index is 2740. The maximum atomic E-state index is 12.5. The summed E-state index contributed by atoms with van der Waals surface area (Å²) in [6, 6.07) is 22.7. The molecule has 310 valence electrons. The molecule has 0 saturated carbocycles. The summed E-state index contributed by atoms with van der Waals surface area (Å²) in [5.74, 6) is 0.297. The van der Waals surface area contributed by atoms with E-state index in [1.54, 1.807) is 61.5 Å². The number of benzene rings is 4. The summed E-state index contributed by atoms with van der Waals surface area (Å²) in [6.07, 6.45) is 1.45. The topological polar surface area (TPSA) is 276 Å². The molecule has 23 heteroatoms. The molecule has 0 spiro atoms. The number of rotatable bonds is 19. The molecule has 0 amide bonds. The molecule has 0 saturated heterocycles. The second-order valence-electron chi connectivity index (χ2n) is 12.4. The molecule has 4 aromatic carbocycles. The Kier molecular flexibility index (Phi) is 14.8. The van der Waals surface area contributed by atoms with E-state index in [4.69, 9.17) is 15.3 Å². The molecule has 6 rings (SSSR count). The van der Waals surface area contributed by atoms with Crippen molar-refractivity contribution in [2.45, 2.75) is 42.9 Å². The first kappa shape index (κ1) is 43.7. The number of ether oxygens (including phenoxy) is 1. The maximum Gasteiger partial charge on any atom is 0.296 e. The summed E-state index contributed by atoms with van der Waals surface area (Å²) >= 11 is 1.60. The van der Waals surface area contributed by atoms with E-state index in [0.29, 0.717) is 63.4 Å². The number of nitriles is 1. The van der Waals surface area contributed by atoms with Gasteiger partial charge in [0, 0.05) is 34.3 Å². The normalized spacial score (nSPS) is 12.1. The van der Waals surface area contributed by atoms with Crippen molar-refractivity contribution in [2.75, 3.05) is 12.4 Å². The fourth-order valence-electron chi connectivity index (χ4n) is 5.74. The predicted molar refractivity (Wildman–Crippen MR) is 218 cm³/mol. The third kappa shape index (κ3) is 10.4. The van der Waals surface area contributed by atoms with E-state index in [1.807, 2.05) is 6.92 Å². The predicted octanol–water partition coefficient (Wildman–Crippen LogP) is 11.1. The maximum absolute atomic E-state index is 12.5. The number of azo groups is 3. The molecule has 2 heterocycles. The second kappa shape index (κ2) is 20.4. The van der Waals surface area contributed by atoms with Gasteiger partial charge in [-0.25, -0.2) is 15.5 Å². The van der Waals surface area contributed by atoms with Crippen LogP contribution < -0.4 is 4.74 Å². The Hall–Kier alpha value is -5.91. The zero-order valence-electron chi connectivity index (χ0n) is 31.4. The monoisotopic (exact) mass is 875 g/mol. The number of aromatic nitrogens is 2. The van der Waals surface area contributed by atoms with Crippen LogP contribution in [0.3, 0.4) is 0 Å². The number of para-hydroxylation sites is 2. The lowest BCUT2D eigenvalue weighted by atomic mass is 10.0. The average Bonchev–Trinajstić information content (AvgIpc) is 3.63. The molecule has 2 aromatic heterocycles. The van der Waals surface area contributed by atoms with Crippen LogP contribution in [0.5, 0.6) is 11.6 Å². The second-order valence-corrected chi connectivity index (χ2v) is 15.3. The molecule has 0 unspecified atom stereocenters. The van der Waals surface area contributed by atoms with Crippen molar-refractivity contribution in [3.63, 3.8) is 0 Å². The van der Waals surface area contributed by atoms with Gasteiger partial charge in [0.15, 0.2) is 11.3 Å². The fourth-order valence-corrected chi connectivity index (χ4v) is 7.09. The van der Waals surface area contributed by atoms with Crippen LogP contribution in [-0.2, 0) is 35.3 Å². The number of fused-ring (bicyclic) bond motifs is 3. The van der Waals surface area contributed by atoms with Crippen molar-refractivity contribution in [1.29, 1.82) is 5.26 Å². The van der Waals surface area contributed by atoms with E-state index < -0.39 is 15.0 Å². The standard InChI is InChI=1S/C37H33N9O11S3/c1-3-7-26-27(21-38)36-39-28-8-4-5-9-32(28)46(36)37(47)35(26)45-44-31-18-22(2)30(20-33(31)53-16-6-17-58-56-54-48)43-42-29-15-12-24(19-34(29)60(50,51)52)41-40-23-10-13-25(14-11-23)59-57-55-49/h4-5,8-15,18-20,47-49H,3,6-7,16-17H2,1-2H3,(H,50,51,52). The van der Waals surface area contributed by atoms with E-state index in [9.17, 15) is 23.3 Å². The molecular weight excluding hydrogens is 843 g/mol. The lowest BCUT2D eigenvalue weighted by molar-refractivity contribution is -0.432. The minimum Gasteiger partial charge on any atom is -0.493 e. The van der Waals surface area contributed by atoms with Crippen molar-refractivity contribution < 1.29 is 52.1 Å². The first-order valence-corrected chi connectivity index (χ1v) is 20.7. The summed E-state index contributed by atoms with van der Waals surface area (Å²) in [6.45, 7) is 3.75. The van der Waals surface area contributed by atoms with E-state index in [2.05, 4.69) is 60.5 Å². The SMILES string of the molecule is CCCc1c(N=Nc2cc(C)c(N=Nc3ccc(N=Nc4ccc(SOOO)cc4)cc3S(=O)(=O)O)cc2OCCCSOOO)c(O)n2c(nc3ccccc32)c1C#N. The summed E-state index contributed by atoms with van der Waals surface area (Å²) in [4.78, 5) is 4.61. The van der Waals surface area contributed by atoms with Crippen LogP contribution >= 0.6 is 24.1 Å². The molecular formula is C37H33N9O11S3. The minimum absolute atomic E-state index is 0.0755. The molecule has 6 aromatic rings. The molecule has 0 aliphatic rings. The quantitative estimate of drug-likeness (QED) is 0.0147. The molecule has 4 N–H and O–H groups in total. The molecule has 20 nitrogen and oxygen atoms in total. The molecule has 0 atom stereocenters. The zero-order valence-corrected chi connectivity index (χ0v) is 33.9. The highest BCUT2D eigenvalue weighted by molar-refractivity contribution is 7.94. The van der Waals surface area contributed by atoms with Gasteiger partial charge in [-0.2, -0.15) is 29.0 Å². The van der Waals surface area contributed by atoms with Gasteiger partial charge in [0.1, 0.15) is 33.7 Å². The highest BCUT2D eigenvalue weighted by Gasteiger charge is 2.23. The van der Waals surface area contributed by atoms with Gasteiger partial charge in [0.05, 0.1) is 46.7 Å². The van der Waals surface area contributed by atoms with Crippen LogP contribution in [0.1, 0.15) is 36.5 Å². The van der Waals surface area contributed by atoms with Gasteiger partial charge >= 0.3 is 0 Å². The molecule has 60 heavy (non-hydrogen) atoms. The number of aryl methyl sites for hydroxylation is 1. The fraction of sp³-hybridized carbons (Fsp3) is 0.189. The van der Waals surface area contributed by atoms with E-state index in [0.717, 1.165) is 30.2 Å². The van der Waals surface area contributed by atoms with Crippen molar-refractivity contribution in [1.82, 2.24) is 9.38 Å². The van der Waals surface area contributed by atoms with Crippen LogP contribution in [0.4, 0.5) is 34.1 Å². The van der Waals surface area contributed by atoms with Gasteiger partial charge in [-0.1, -0.05) is 35.6 Å². The Morgan fingerprint density at radius 1 is 0.867 bits per heavy atom. The number of hydrogen-bond acceptors (Lipinski definition) is 20. The highest BCUT2D eigenvalue weighted by atomic mass is 32.2. The largest absolute Gasteiger partial charge is 0.493 e. The van der Waals surface area contributed by atoms with Gasteiger partial charge in [-0.3, -0.25) is 8.95 Å². The van der Waals surface area contributed by atoms with Gasteiger partial charge in [0.25, 0.3) is 10.1 Å². The van der Waals surface area contributed by atoms with Crippen molar-refractivity contribution in [2.24, 2.45) is 30.7 Å². The first-order chi connectivity index (χ1) is 29.1. The van der Waals surface area contributed by atoms with Crippen molar-refractivity contribution in [3.05, 3.63) is 95.6 Å². The third-order valence-corrected chi connectivity index (χ3v) is 10.5. The van der Waals surface area contributed by atoms with Gasteiger partial charge in [0.2, 0.25) is 5.88 Å². The Morgan fingerprint density at radius 2 is 1.58 bits per heavy atom. The minimum atomic E-state index is -4.82. The Labute approximate surface area is 349 Å². The highest BCUT2D eigenvalue weighted by Crippen LogP contribution is 2.42. The zero-order chi connectivity index (χ0) is 42.6. The number of pyridine rings is 1. The average molecular weight is 876 g/mol. The summed E-state index contributed by atoms with van der Waals surface area (Å²) in [5.41, 5.74) is 3.50. The molecule has 0 aliphatic carbocycles. The molecule has 0 radical (unpaired) electrons. The molecule has 0 fully saturated rings. The summed E-state index contributed by atoms with van der Waals surface area (Å²) in [7, 11) is -4.82. The smallest absolute Gasteiger partial charge is 0.296 e. The van der Waals surface area contributed by atoms with Crippen LogP contribution in [-0.4, -0.2) is 50.3 Å². The number of nitrogens with zero attached hydrogens (tertiary/aromatic N) is 9. The van der Waals surface area contributed by atoms with E-state index >= 15 is 0 Å². The van der Waals surface area contributed by atoms with Crippen LogP contribution in [0.15, 0.2) is 119 Å². The number of aromatic hydroxyl groups is 1. The molecule has 0 aliphatic heterocycles. The van der Waals surface area contributed by atoms with Gasteiger partial charge < -0.3 is 9.84 Å². The number of imidazole rings is 1. The summed E-state index contributed by atoms with van der Waals surface area (Å²) < 4.78 is 51.3. The van der Waals surface area contributed by atoms with Gasteiger partial charge in [-0.05, 0) is 86.0 Å². The van der Waals surface area contributed by atoms with Crippen LogP contribution in [0.2, 0.25) is 0 Å². The summed E-state index contributed by atoms with van der Waals surface area (Å²) in [5, 5.41) is 71.3. The van der Waals surface area contributed by atoms with E-state index in [1.165, 1.54) is 22.6 Å². The molecule has 0 bridgehead atoms. The first-order valence-electron chi connectivity index (χ1n) is 17.6.